The largest absolute Gasteiger partial charge is 0.375 e. The molecule has 0 saturated carbocycles. The van der Waals surface area contributed by atoms with Crippen LogP contribution >= 0.6 is 11.3 Å². The summed E-state index contributed by atoms with van der Waals surface area (Å²) in [6, 6.07) is 3.65. The molecule has 1 heterocycles. The highest BCUT2D eigenvalue weighted by molar-refractivity contribution is 7.22. The van der Waals surface area contributed by atoms with E-state index in [1.165, 1.54) is 17.4 Å². The Morgan fingerprint density at radius 1 is 1.57 bits per heavy atom. The number of aryl methyl sites for hydroxylation is 1. The van der Waals surface area contributed by atoms with Crippen LogP contribution in [0.25, 0.3) is 10.2 Å². The molecule has 1 aromatic heterocycles. The quantitative estimate of drug-likeness (QED) is 0.573. The van der Waals surface area contributed by atoms with Crippen molar-refractivity contribution in [3.05, 3.63) is 17.7 Å². The predicted molar refractivity (Wildman–Crippen MR) is 56.6 cm³/mol. The van der Waals surface area contributed by atoms with Gasteiger partial charge in [0, 0.05) is 0 Å². The Kier molecular flexibility index (Phi) is 2.04. The van der Waals surface area contributed by atoms with E-state index in [0.717, 1.165) is 15.8 Å². The van der Waals surface area contributed by atoms with Crippen LogP contribution in [0.15, 0.2) is 17.1 Å². The summed E-state index contributed by atoms with van der Waals surface area (Å²) in [6.07, 6.45) is 1.52. The van der Waals surface area contributed by atoms with Gasteiger partial charge in [0.1, 0.15) is 0 Å². The number of benzene rings is 1. The first-order valence-electron chi connectivity index (χ1n) is 3.95. The number of aromatic nitrogens is 1. The first-order chi connectivity index (χ1) is 6.70. The van der Waals surface area contributed by atoms with Gasteiger partial charge in [0.05, 0.1) is 15.9 Å². The van der Waals surface area contributed by atoms with Crippen molar-refractivity contribution in [2.75, 3.05) is 5.73 Å². The number of nitrogens with zero attached hydrogens (tertiary/aromatic N) is 2. The number of fused-ring (bicyclic) bond motifs is 1. The molecule has 1 aromatic carbocycles. The fourth-order valence-electron chi connectivity index (χ4n) is 1.25. The summed E-state index contributed by atoms with van der Waals surface area (Å²) in [5, 5.41) is 0.520. The number of aliphatic imine (C=N–C) groups is 1. The molecule has 0 aliphatic heterocycles. The lowest BCUT2D eigenvalue weighted by molar-refractivity contribution is 0.565. The van der Waals surface area contributed by atoms with Crippen LogP contribution in [0.2, 0.25) is 0 Å². The van der Waals surface area contributed by atoms with E-state index in [1.807, 2.05) is 13.0 Å². The van der Waals surface area contributed by atoms with E-state index in [2.05, 4.69) is 9.98 Å². The molecule has 0 atom stereocenters. The Bertz CT molecular complexity index is 540. The van der Waals surface area contributed by atoms with Gasteiger partial charge in [-0.15, -0.1) is 0 Å². The molecule has 4 nitrogen and oxygen atoms in total. The second-order valence-corrected chi connectivity index (χ2v) is 3.92. The van der Waals surface area contributed by atoms with E-state index in [1.54, 1.807) is 6.07 Å². The first-order valence-corrected chi connectivity index (χ1v) is 4.77. The van der Waals surface area contributed by atoms with E-state index in [9.17, 15) is 4.79 Å². The minimum atomic E-state index is 0.520. The summed E-state index contributed by atoms with van der Waals surface area (Å²) in [6.45, 7) is 1.88. The molecular formula is C9H7N3OS. The van der Waals surface area contributed by atoms with Crippen molar-refractivity contribution in [2.24, 2.45) is 4.99 Å². The maximum atomic E-state index is 10.1. The topological polar surface area (TPSA) is 68.3 Å². The van der Waals surface area contributed by atoms with Crippen molar-refractivity contribution in [3.8, 4) is 0 Å². The van der Waals surface area contributed by atoms with Crippen LogP contribution in [-0.4, -0.2) is 11.1 Å². The van der Waals surface area contributed by atoms with Crippen LogP contribution in [-0.2, 0) is 4.79 Å². The van der Waals surface area contributed by atoms with Gasteiger partial charge in [-0.05, 0) is 24.6 Å². The number of nitrogen functional groups attached to an aromatic ring is 1. The molecule has 0 aliphatic carbocycles. The second-order valence-electron chi connectivity index (χ2n) is 2.86. The van der Waals surface area contributed by atoms with Crippen LogP contribution in [0.1, 0.15) is 5.56 Å². The van der Waals surface area contributed by atoms with Crippen molar-refractivity contribution in [1.82, 2.24) is 4.98 Å². The Morgan fingerprint density at radius 3 is 3.07 bits per heavy atom. The maximum absolute atomic E-state index is 10.1. The number of hydrogen-bond donors (Lipinski definition) is 1. The summed E-state index contributed by atoms with van der Waals surface area (Å²) >= 11 is 1.42. The molecule has 0 unspecified atom stereocenters. The molecule has 0 saturated heterocycles. The van der Waals surface area contributed by atoms with Crippen LogP contribution < -0.4 is 5.73 Å². The van der Waals surface area contributed by atoms with Gasteiger partial charge in [-0.3, -0.25) is 0 Å². The summed E-state index contributed by atoms with van der Waals surface area (Å²) in [7, 11) is 0. The van der Waals surface area contributed by atoms with Gasteiger partial charge in [0.2, 0.25) is 6.08 Å². The van der Waals surface area contributed by atoms with Gasteiger partial charge in [-0.25, -0.2) is 9.78 Å². The summed E-state index contributed by atoms with van der Waals surface area (Å²) in [4.78, 5) is 17.8. The Balaban J connectivity index is 2.75. The summed E-state index contributed by atoms with van der Waals surface area (Å²) in [5.74, 6) is 0. The Labute approximate surface area is 84.1 Å². The van der Waals surface area contributed by atoms with E-state index in [-0.39, 0.29) is 0 Å². The highest BCUT2D eigenvalue weighted by Crippen LogP contribution is 2.30. The van der Waals surface area contributed by atoms with E-state index in [0.29, 0.717) is 10.8 Å². The number of rotatable bonds is 1. The lowest BCUT2D eigenvalue weighted by Gasteiger charge is -1.96. The van der Waals surface area contributed by atoms with E-state index < -0.39 is 0 Å². The predicted octanol–water partition coefficient (Wildman–Crippen LogP) is 2.15. The first kappa shape index (κ1) is 8.87. The smallest absolute Gasteiger partial charge is 0.240 e. The molecule has 2 N–H and O–H groups in total. The fourth-order valence-corrected chi connectivity index (χ4v) is 2.07. The van der Waals surface area contributed by atoms with Gasteiger partial charge in [0.25, 0.3) is 0 Å². The minimum Gasteiger partial charge on any atom is -0.375 e. The average molecular weight is 205 g/mol. The maximum Gasteiger partial charge on any atom is 0.240 e. The van der Waals surface area contributed by atoms with Gasteiger partial charge < -0.3 is 5.73 Å². The molecule has 2 aromatic rings. The number of isocyanates is 1. The third kappa shape index (κ3) is 1.39. The van der Waals surface area contributed by atoms with Gasteiger partial charge in [0.15, 0.2) is 5.13 Å². The van der Waals surface area contributed by atoms with Crippen LogP contribution in [0.5, 0.6) is 0 Å². The van der Waals surface area contributed by atoms with Crippen LogP contribution in [0.3, 0.4) is 0 Å². The summed E-state index contributed by atoms with van der Waals surface area (Å²) in [5.41, 5.74) is 7.85. The number of carbonyl (C=O) groups excluding carboxylic acids is 1. The zero-order chi connectivity index (χ0) is 10.1. The van der Waals surface area contributed by atoms with E-state index in [4.69, 9.17) is 5.73 Å². The molecular weight excluding hydrogens is 198 g/mol. The number of nitrogens with two attached hydrogens (primary N) is 1. The average Bonchev–Trinajstić information content (AvgIpc) is 2.45. The molecule has 0 bridgehead atoms. The lowest BCUT2D eigenvalue weighted by Crippen LogP contribution is -1.79. The zero-order valence-electron chi connectivity index (χ0n) is 7.44. The van der Waals surface area contributed by atoms with Crippen molar-refractivity contribution in [2.45, 2.75) is 6.92 Å². The van der Waals surface area contributed by atoms with Crippen molar-refractivity contribution in [3.63, 3.8) is 0 Å². The van der Waals surface area contributed by atoms with Crippen LogP contribution in [0, 0.1) is 6.92 Å². The van der Waals surface area contributed by atoms with E-state index >= 15 is 0 Å². The number of thiazole rings is 1. The summed E-state index contributed by atoms with van der Waals surface area (Å²) < 4.78 is 1.00. The molecule has 0 amide bonds. The Morgan fingerprint density at radius 2 is 2.36 bits per heavy atom. The molecule has 70 valence electrons. The SMILES string of the molecule is Cc1cc2sc(N)nc2cc1N=C=O. The Hall–Kier alpha value is -1.71. The van der Waals surface area contributed by atoms with Gasteiger partial charge in [-0.2, -0.15) is 4.99 Å². The number of hydrogen-bond acceptors (Lipinski definition) is 5. The normalized spacial score (nSPS) is 10.1. The monoisotopic (exact) mass is 205 g/mol. The fraction of sp³-hybridized carbons (Fsp3) is 0.111. The number of anilines is 1. The molecule has 0 aliphatic rings. The van der Waals surface area contributed by atoms with Gasteiger partial charge >= 0.3 is 0 Å². The minimum absolute atomic E-state index is 0.520. The zero-order valence-corrected chi connectivity index (χ0v) is 8.26. The van der Waals surface area contributed by atoms with Crippen molar-refractivity contribution >= 4 is 38.5 Å². The molecule has 0 spiro atoms. The molecule has 0 fully saturated rings. The molecule has 5 heteroatoms. The lowest BCUT2D eigenvalue weighted by atomic mass is 10.2. The standard InChI is InChI=1S/C9H7N3OS/c1-5-2-8-7(12-9(10)14-8)3-6(5)11-4-13/h2-3H,1H3,(H2,10,12). The molecule has 14 heavy (non-hydrogen) atoms. The third-order valence-corrected chi connectivity index (χ3v) is 2.74. The molecule has 0 radical (unpaired) electrons. The van der Waals surface area contributed by atoms with Crippen molar-refractivity contribution < 1.29 is 4.79 Å². The highest BCUT2D eigenvalue weighted by atomic mass is 32.1. The second kappa shape index (κ2) is 3.21. The highest BCUT2D eigenvalue weighted by Gasteiger charge is 2.04. The van der Waals surface area contributed by atoms with Gasteiger partial charge in [-0.1, -0.05) is 11.3 Å². The van der Waals surface area contributed by atoms with Crippen molar-refractivity contribution in [1.29, 1.82) is 0 Å². The molecule has 2 rings (SSSR count). The van der Waals surface area contributed by atoms with Crippen LogP contribution in [0.4, 0.5) is 10.8 Å². The third-order valence-electron chi connectivity index (χ3n) is 1.89.